The lowest BCUT2D eigenvalue weighted by atomic mass is 10.1. The van der Waals surface area contributed by atoms with Crippen LogP contribution in [-0.4, -0.2) is 6.54 Å². The molecule has 0 fully saturated rings. The number of aryl methyl sites for hydroxylation is 2. The van der Waals surface area contributed by atoms with Crippen molar-refractivity contribution in [3.05, 3.63) is 23.2 Å². The van der Waals surface area contributed by atoms with Gasteiger partial charge in [-0.25, -0.2) is 0 Å². The van der Waals surface area contributed by atoms with Gasteiger partial charge in [0.25, 0.3) is 0 Å². The van der Waals surface area contributed by atoms with E-state index in [1.165, 1.54) is 0 Å². The highest BCUT2D eigenvalue weighted by Crippen LogP contribution is 2.21. The predicted molar refractivity (Wildman–Crippen MR) is 53.4 cm³/mol. The van der Waals surface area contributed by atoms with Crippen LogP contribution in [0.15, 0.2) is 10.5 Å². The Morgan fingerprint density at radius 2 is 2.15 bits per heavy atom. The van der Waals surface area contributed by atoms with Gasteiger partial charge >= 0.3 is 0 Å². The van der Waals surface area contributed by atoms with Crippen molar-refractivity contribution in [2.24, 2.45) is 11.5 Å². The van der Waals surface area contributed by atoms with E-state index in [9.17, 15) is 0 Å². The molecule has 0 unspecified atom stereocenters. The first-order valence-electron chi connectivity index (χ1n) is 4.67. The van der Waals surface area contributed by atoms with Crippen molar-refractivity contribution in [3.63, 3.8) is 0 Å². The number of hydrogen-bond donors (Lipinski definition) is 2. The van der Waals surface area contributed by atoms with E-state index in [4.69, 9.17) is 15.9 Å². The van der Waals surface area contributed by atoms with E-state index in [0.29, 0.717) is 6.54 Å². The molecule has 0 aliphatic carbocycles. The van der Waals surface area contributed by atoms with Gasteiger partial charge in [0.05, 0.1) is 6.04 Å². The van der Waals surface area contributed by atoms with Crippen molar-refractivity contribution in [2.45, 2.75) is 32.7 Å². The fourth-order valence-corrected chi connectivity index (χ4v) is 1.26. The van der Waals surface area contributed by atoms with Crippen LogP contribution in [0.4, 0.5) is 0 Å². The lowest BCUT2D eigenvalue weighted by Crippen LogP contribution is -2.11. The molecule has 0 bridgehead atoms. The summed E-state index contributed by atoms with van der Waals surface area (Å²) in [5, 5.41) is 0. The predicted octanol–water partition coefficient (Wildman–Crippen LogP) is 1.64. The molecule has 74 valence electrons. The maximum atomic E-state index is 5.91. The number of rotatable bonds is 4. The zero-order valence-corrected chi connectivity index (χ0v) is 8.34. The van der Waals surface area contributed by atoms with Gasteiger partial charge in [0.2, 0.25) is 0 Å². The first-order chi connectivity index (χ1) is 6.15. The summed E-state index contributed by atoms with van der Waals surface area (Å²) in [6.07, 6.45) is 1.84. The molecule has 1 heterocycles. The first kappa shape index (κ1) is 10.3. The van der Waals surface area contributed by atoms with Gasteiger partial charge in [-0.1, -0.05) is 0 Å². The van der Waals surface area contributed by atoms with E-state index in [0.717, 1.165) is 29.9 Å². The van der Waals surface area contributed by atoms with Crippen LogP contribution >= 0.6 is 0 Å². The van der Waals surface area contributed by atoms with Gasteiger partial charge in [-0.2, -0.15) is 0 Å². The Morgan fingerprint density at radius 1 is 1.46 bits per heavy atom. The van der Waals surface area contributed by atoms with Crippen LogP contribution in [0.2, 0.25) is 0 Å². The van der Waals surface area contributed by atoms with E-state index in [1.807, 2.05) is 19.9 Å². The molecule has 0 radical (unpaired) electrons. The molecule has 0 spiro atoms. The van der Waals surface area contributed by atoms with Crippen LogP contribution in [0.5, 0.6) is 0 Å². The molecule has 13 heavy (non-hydrogen) atoms. The smallest absolute Gasteiger partial charge is 0.121 e. The summed E-state index contributed by atoms with van der Waals surface area (Å²) >= 11 is 0. The largest absolute Gasteiger partial charge is 0.464 e. The third-order valence-electron chi connectivity index (χ3n) is 2.27. The number of hydrogen-bond acceptors (Lipinski definition) is 3. The van der Waals surface area contributed by atoms with Crippen LogP contribution in [0.3, 0.4) is 0 Å². The zero-order valence-electron chi connectivity index (χ0n) is 8.34. The summed E-state index contributed by atoms with van der Waals surface area (Å²) in [5.41, 5.74) is 12.5. The Kier molecular flexibility index (Phi) is 3.51. The van der Waals surface area contributed by atoms with Gasteiger partial charge in [0.1, 0.15) is 11.5 Å². The maximum Gasteiger partial charge on any atom is 0.121 e. The SMILES string of the molecule is Cc1cc([C@@H](N)CCCN)oc1C. The van der Waals surface area contributed by atoms with Crippen molar-refractivity contribution in [2.75, 3.05) is 6.54 Å². The zero-order chi connectivity index (χ0) is 9.84. The number of furan rings is 1. The fourth-order valence-electron chi connectivity index (χ4n) is 1.26. The van der Waals surface area contributed by atoms with Gasteiger partial charge in [-0.3, -0.25) is 0 Å². The fraction of sp³-hybridized carbons (Fsp3) is 0.600. The third kappa shape index (κ3) is 2.57. The maximum absolute atomic E-state index is 5.91. The molecule has 0 saturated carbocycles. The molecule has 1 atom stereocenters. The first-order valence-corrected chi connectivity index (χ1v) is 4.67. The van der Waals surface area contributed by atoms with E-state index in [-0.39, 0.29) is 6.04 Å². The van der Waals surface area contributed by atoms with Gasteiger partial charge in [0.15, 0.2) is 0 Å². The Labute approximate surface area is 79.1 Å². The normalized spacial score (nSPS) is 13.2. The second kappa shape index (κ2) is 4.44. The molecular formula is C10H18N2O. The molecular weight excluding hydrogens is 164 g/mol. The molecule has 0 aromatic carbocycles. The minimum atomic E-state index is -0.00375. The quantitative estimate of drug-likeness (QED) is 0.743. The van der Waals surface area contributed by atoms with Crippen molar-refractivity contribution in [1.29, 1.82) is 0 Å². The average molecular weight is 182 g/mol. The van der Waals surface area contributed by atoms with Crippen molar-refractivity contribution in [1.82, 2.24) is 0 Å². The van der Waals surface area contributed by atoms with E-state index in [2.05, 4.69) is 0 Å². The standard InChI is InChI=1S/C10H18N2O/c1-7-6-10(13-8(7)2)9(12)4-3-5-11/h6,9H,3-5,11-12H2,1-2H3/t9-/m0/s1. The molecule has 0 aliphatic rings. The minimum absolute atomic E-state index is 0.00375. The molecule has 1 rings (SSSR count). The van der Waals surface area contributed by atoms with Gasteiger partial charge < -0.3 is 15.9 Å². The Morgan fingerprint density at radius 3 is 2.62 bits per heavy atom. The molecule has 0 saturated heterocycles. The average Bonchev–Trinajstić information content (AvgIpc) is 2.43. The molecule has 1 aromatic heterocycles. The van der Waals surface area contributed by atoms with Crippen LogP contribution < -0.4 is 11.5 Å². The summed E-state index contributed by atoms with van der Waals surface area (Å²) in [5.74, 6) is 1.83. The van der Waals surface area contributed by atoms with Gasteiger partial charge in [-0.05, 0) is 44.9 Å². The summed E-state index contributed by atoms with van der Waals surface area (Å²) in [4.78, 5) is 0. The van der Waals surface area contributed by atoms with Crippen molar-refractivity contribution >= 4 is 0 Å². The molecule has 1 aromatic rings. The molecule has 0 amide bonds. The van der Waals surface area contributed by atoms with Crippen LogP contribution in [0, 0.1) is 13.8 Å². The van der Waals surface area contributed by atoms with E-state index < -0.39 is 0 Å². The summed E-state index contributed by atoms with van der Waals surface area (Å²) in [6.45, 7) is 4.67. The van der Waals surface area contributed by atoms with E-state index >= 15 is 0 Å². The Bertz CT molecular complexity index is 248. The third-order valence-corrected chi connectivity index (χ3v) is 2.27. The lowest BCUT2D eigenvalue weighted by molar-refractivity contribution is 0.430. The molecule has 4 N–H and O–H groups in total. The van der Waals surface area contributed by atoms with E-state index in [1.54, 1.807) is 0 Å². The highest BCUT2D eigenvalue weighted by Gasteiger charge is 2.11. The van der Waals surface area contributed by atoms with Gasteiger partial charge in [0, 0.05) is 0 Å². The molecule has 3 nitrogen and oxygen atoms in total. The number of nitrogens with two attached hydrogens (primary N) is 2. The topological polar surface area (TPSA) is 65.2 Å². The van der Waals surface area contributed by atoms with Crippen molar-refractivity contribution in [3.8, 4) is 0 Å². The Hall–Kier alpha value is -0.800. The second-order valence-corrected chi connectivity index (χ2v) is 3.43. The lowest BCUT2D eigenvalue weighted by Gasteiger charge is -2.06. The molecule has 0 aliphatic heterocycles. The summed E-state index contributed by atoms with van der Waals surface area (Å²) < 4.78 is 5.51. The second-order valence-electron chi connectivity index (χ2n) is 3.43. The molecule has 3 heteroatoms. The summed E-state index contributed by atoms with van der Waals surface area (Å²) in [6, 6.07) is 2.01. The van der Waals surface area contributed by atoms with Crippen LogP contribution in [0.25, 0.3) is 0 Å². The van der Waals surface area contributed by atoms with Crippen LogP contribution in [0.1, 0.15) is 36.0 Å². The Balaban J connectivity index is 2.60. The highest BCUT2D eigenvalue weighted by molar-refractivity contribution is 5.20. The van der Waals surface area contributed by atoms with Crippen LogP contribution in [-0.2, 0) is 0 Å². The summed E-state index contributed by atoms with van der Waals surface area (Å²) in [7, 11) is 0. The van der Waals surface area contributed by atoms with Crippen molar-refractivity contribution < 1.29 is 4.42 Å². The minimum Gasteiger partial charge on any atom is -0.464 e. The highest BCUT2D eigenvalue weighted by atomic mass is 16.3. The van der Waals surface area contributed by atoms with Gasteiger partial charge in [-0.15, -0.1) is 0 Å². The monoisotopic (exact) mass is 182 g/mol.